The highest BCUT2D eigenvalue weighted by Gasteiger charge is 2.19. The number of benzene rings is 2. The number of fused-ring (bicyclic) bond motifs is 1. The number of anilines is 1. The Kier molecular flexibility index (Phi) is 3.60. The van der Waals surface area contributed by atoms with Crippen LogP contribution in [0.25, 0.3) is 0 Å². The van der Waals surface area contributed by atoms with Crippen molar-refractivity contribution in [3.63, 3.8) is 0 Å². The number of aliphatic carboxylic acids is 1. The number of carboxylic acids is 1. The first-order valence-corrected chi connectivity index (χ1v) is 6.95. The van der Waals surface area contributed by atoms with Crippen molar-refractivity contribution >= 4 is 11.7 Å². The summed E-state index contributed by atoms with van der Waals surface area (Å²) in [6.07, 6.45) is 0.977. The summed E-state index contributed by atoms with van der Waals surface area (Å²) in [6.45, 7) is 1.60. The Morgan fingerprint density at radius 1 is 1.14 bits per heavy atom. The molecule has 1 N–H and O–H groups in total. The lowest BCUT2D eigenvalue weighted by Crippen LogP contribution is -2.19. The van der Waals surface area contributed by atoms with E-state index >= 15 is 0 Å². The highest BCUT2D eigenvalue weighted by atomic mass is 19.1. The fourth-order valence-corrected chi connectivity index (χ4v) is 2.74. The Morgan fingerprint density at radius 2 is 1.86 bits per heavy atom. The quantitative estimate of drug-likeness (QED) is 0.938. The van der Waals surface area contributed by atoms with Gasteiger partial charge in [-0.2, -0.15) is 0 Å². The smallest absolute Gasteiger partial charge is 0.307 e. The van der Waals surface area contributed by atoms with Crippen molar-refractivity contribution in [1.29, 1.82) is 0 Å². The van der Waals surface area contributed by atoms with Crippen LogP contribution in [0.1, 0.15) is 16.7 Å². The Labute approximate surface area is 122 Å². The molecule has 0 fully saturated rings. The van der Waals surface area contributed by atoms with Crippen molar-refractivity contribution in [2.45, 2.75) is 19.4 Å². The van der Waals surface area contributed by atoms with Gasteiger partial charge in [0.25, 0.3) is 0 Å². The van der Waals surface area contributed by atoms with Crippen LogP contribution in [-0.4, -0.2) is 17.6 Å². The number of rotatable bonds is 4. The average Bonchev–Trinajstić information content (AvgIpc) is 2.83. The van der Waals surface area contributed by atoms with E-state index < -0.39 is 5.97 Å². The first-order valence-electron chi connectivity index (χ1n) is 6.95. The maximum absolute atomic E-state index is 13.4. The lowest BCUT2D eigenvalue weighted by atomic mass is 10.1. The van der Waals surface area contributed by atoms with Crippen molar-refractivity contribution in [2.24, 2.45) is 0 Å². The Bertz CT molecular complexity index is 667. The highest BCUT2D eigenvalue weighted by Crippen LogP contribution is 2.29. The van der Waals surface area contributed by atoms with E-state index in [9.17, 15) is 9.18 Å². The molecule has 2 aromatic carbocycles. The molecule has 0 unspecified atom stereocenters. The minimum atomic E-state index is -0.827. The monoisotopic (exact) mass is 285 g/mol. The SMILES string of the molecule is O=C(O)Cc1ccc(CN2CCc3ccc(F)cc32)cc1. The lowest BCUT2D eigenvalue weighted by Gasteiger charge is -2.19. The first kappa shape index (κ1) is 13.6. The summed E-state index contributed by atoms with van der Waals surface area (Å²) in [4.78, 5) is 12.8. The summed E-state index contributed by atoms with van der Waals surface area (Å²) >= 11 is 0. The third kappa shape index (κ3) is 3.05. The number of carbonyl (C=O) groups is 1. The van der Waals surface area contributed by atoms with Crippen LogP contribution in [0.3, 0.4) is 0 Å². The van der Waals surface area contributed by atoms with E-state index in [4.69, 9.17) is 5.11 Å². The van der Waals surface area contributed by atoms with Gasteiger partial charge in [-0.25, -0.2) is 4.39 Å². The molecule has 1 aliphatic heterocycles. The largest absolute Gasteiger partial charge is 0.481 e. The van der Waals surface area contributed by atoms with Crippen molar-refractivity contribution in [3.05, 3.63) is 65.0 Å². The van der Waals surface area contributed by atoms with E-state index in [0.717, 1.165) is 29.8 Å². The van der Waals surface area contributed by atoms with Crippen molar-refractivity contribution in [2.75, 3.05) is 11.4 Å². The standard InChI is InChI=1S/C17H16FNO2/c18-15-6-5-14-7-8-19(16(14)10-15)11-13-3-1-12(2-4-13)9-17(20)21/h1-6,10H,7-9,11H2,(H,20,21). The summed E-state index contributed by atoms with van der Waals surface area (Å²) in [7, 11) is 0. The molecule has 0 spiro atoms. The van der Waals surface area contributed by atoms with E-state index in [1.54, 1.807) is 6.07 Å². The highest BCUT2D eigenvalue weighted by molar-refractivity contribution is 5.70. The fraction of sp³-hybridized carbons (Fsp3) is 0.235. The normalized spacial score (nSPS) is 13.3. The van der Waals surface area contributed by atoms with Gasteiger partial charge >= 0.3 is 5.97 Å². The molecule has 0 atom stereocenters. The molecule has 0 saturated heterocycles. The van der Waals surface area contributed by atoms with Crippen LogP contribution in [-0.2, 0) is 24.2 Å². The van der Waals surface area contributed by atoms with E-state index in [0.29, 0.717) is 6.54 Å². The van der Waals surface area contributed by atoms with Gasteiger partial charge in [0.15, 0.2) is 0 Å². The number of hydrogen-bond donors (Lipinski definition) is 1. The Hall–Kier alpha value is -2.36. The van der Waals surface area contributed by atoms with Gasteiger partial charge in [-0.05, 0) is 35.2 Å². The predicted molar refractivity (Wildman–Crippen MR) is 78.9 cm³/mol. The Balaban J connectivity index is 1.74. The van der Waals surface area contributed by atoms with E-state index in [2.05, 4.69) is 4.90 Å². The molecule has 3 nitrogen and oxygen atoms in total. The van der Waals surface area contributed by atoms with Crippen molar-refractivity contribution in [3.8, 4) is 0 Å². The van der Waals surface area contributed by atoms with Gasteiger partial charge in [0.05, 0.1) is 6.42 Å². The lowest BCUT2D eigenvalue weighted by molar-refractivity contribution is -0.136. The zero-order chi connectivity index (χ0) is 14.8. The molecule has 21 heavy (non-hydrogen) atoms. The molecular formula is C17H16FNO2. The van der Waals surface area contributed by atoms with Crippen LogP contribution in [0.2, 0.25) is 0 Å². The van der Waals surface area contributed by atoms with Crippen LogP contribution < -0.4 is 4.90 Å². The molecule has 1 aliphatic rings. The van der Waals surface area contributed by atoms with Crippen molar-refractivity contribution in [1.82, 2.24) is 0 Å². The van der Waals surface area contributed by atoms with E-state index in [1.807, 2.05) is 30.3 Å². The third-order valence-electron chi connectivity index (χ3n) is 3.79. The van der Waals surface area contributed by atoms with Gasteiger partial charge in [0, 0.05) is 18.8 Å². The van der Waals surface area contributed by atoms with Gasteiger partial charge in [-0.3, -0.25) is 4.79 Å². The van der Waals surface area contributed by atoms with Gasteiger partial charge in [0.2, 0.25) is 0 Å². The molecule has 0 amide bonds. The molecule has 0 aliphatic carbocycles. The van der Waals surface area contributed by atoms with E-state index in [-0.39, 0.29) is 12.2 Å². The fourth-order valence-electron chi connectivity index (χ4n) is 2.74. The van der Waals surface area contributed by atoms with Crippen LogP contribution in [0.15, 0.2) is 42.5 Å². The van der Waals surface area contributed by atoms with Crippen LogP contribution in [0, 0.1) is 5.82 Å². The maximum Gasteiger partial charge on any atom is 0.307 e. The number of halogens is 1. The molecular weight excluding hydrogens is 269 g/mol. The molecule has 3 rings (SSSR count). The Morgan fingerprint density at radius 3 is 2.57 bits per heavy atom. The van der Waals surface area contributed by atoms with Crippen LogP contribution in [0.5, 0.6) is 0 Å². The van der Waals surface area contributed by atoms with Crippen LogP contribution >= 0.6 is 0 Å². The van der Waals surface area contributed by atoms with Gasteiger partial charge in [-0.1, -0.05) is 30.3 Å². The molecule has 0 saturated carbocycles. The molecule has 0 aromatic heterocycles. The molecule has 1 heterocycles. The summed E-state index contributed by atoms with van der Waals surface area (Å²) in [6, 6.07) is 12.5. The average molecular weight is 285 g/mol. The van der Waals surface area contributed by atoms with Crippen molar-refractivity contribution < 1.29 is 14.3 Å². The molecule has 4 heteroatoms. The second-order valence-corrected chi connectivity index (χ2v) is 5.33. The minimum Gasteiger partial charge on any atom is -0.481 e. The van der Waals surface area contributed by atoms with Gasteiger partial charge < -0.3 is 10.0 Å². The zero-order valence-electron chi connectivity index (χ0n) is 11.6. The maximum atomic E-state index is 13.4. The number of carboxylic acid groups (broad SMARTS) is 1. The topological polar surface area (TPSA) is 40.5 Å². The number of hydrogen-bond acceptors (Lipinski definition) is 2. The summed E-state index contributed by atoms with van der Waals surface area (Å²) in [5, 5.41) is 8.76. The summed E-state index contributed by atoms with van der Waals surface area (Å²) in [5.41, 5.74) is 4.03. The molecule has 108 valence electrons. The minimum absolute atomic E-state index is 0.0397. The molecule has 0 bridgehead atoms. The third-order valence-corrected chi connectivity index (χ3v) is 3.79. The zero-order valence-corrected chi connectivity index (χ0v) is 11.6. The second-order valence-electron chi connectivity index (χ2n) is 5.33. The summed E-state index contributed by atoms with van der Waals surface area (Å²) < 4.78 is 13.4. The van der Waals surface area contributed by atoms with E-state index in [1.165, 1.54) is 11.6 Å². The molecule has 2 aromatic rings. The number of nitrogens with zero attached hydrogens (tertiary/aromatic N) is 1. The first-order chi connectivity index (χ1) is 10.1. The second kappa shape index (κ2) is 5.56. The van der Waals surface area contributed by atoms with Gasteiger partial charge in [-0.15, -0.1) is 0 Å². The summed E-state index contributed by atoms with van der Waals surface area (Å²) in [5.74, 6) is -1.04. The van der Waals surface area contributed by atoms with Crippen LogP contribution in [0.4, 0.5) is 10.1 Å². The van der Waals surface area contributed by atoms with Gasteiger partial charge in [0.1, 0.15) is 5.82 Å². The predicted octanol–water partition coefficient (Wildman–Crippen LogP) is 3.02. The molecule has 0 radical (unpaired) electrons.